The van der Waals surface area contributed by atoms with Crippen molar-refractivity contribution in [1.29, 1.82) is 0 Å². The quantitative estimate of drug-likeness (QED) is 0.517. The third-order valence-corrected chi connectivity index (χ3v) is 4.63. The van der Waals surface area contributed by atoms with Crippen LogP contribution in [0.3, 0.4) is 0 Å². The van der Waals surface area contributed by atoms with Crippen molar-refractivity contribution in [3.63, 3.8) is 0 Å². The Labute approximate surface area is 130 Å². The van der Waals surface area contributed by atoms with E-state index >= 15 is 0 Å². The van der Waals surface area contributed by atoms with Gasteiger partial charge in [-0.15, -0.1) is 11.3 Å². The molecule has 1 aliphatic carbocycles. The molecule has 0 saturated heterocycles. The Morgan fingerprint density at radius 2 is 2.14 bits per heavy atom. The Morgan fingerprint density at radius 3 is 2.77 bits per heavy atom. The average Bonchev–Trinajstić information content (AvgIpc) is 3.12. The molecule has 2 aromatic heterocycles. The minimum atomic E-state index is -0.988. The number of aliphatic hydroxyl groups is 3. The number of thiazole rings is 1. The summed E-state index contributed by atoms with van der Waals surface area (Å²) in [7, 11) is 0. The standard InChI is InChI=1S/C13H17N5O3S/c14-13-16-4-7(12-15-1-2-22-12)11(18-13)17-8-3-6(5-19)9(20)10(8)21/h1-2,4,6,8-10,19-21H,3,5H2,(H3,14,16,17,18). The van der Waals surface area contributed by atoms with E-state index in [9.17, 15) is 15.3 Å². The van der Waals surface area contributed by atoms with Crippen LogP contribution in [0.5, 0.6) is 0 Å². The summed E-state index contributed by atoms with van der Waals surface area (Å²) in [5.41, 5.74) is 6.32. The van der Waals surface area contributed by atoms with Crippen molar-refractivity contribution in [3.05, 3.63) is 17.8 Å². The average molecular weight is 323 g/mol. The summed E-state index contributed by atoms with van der Waals surface area (Å²) in [4.78, 5) is 12.4. The molecule has 22 heavy (non-hydrogen) atoms. The van der Waals surface area contributed by atoms with Crippen molar-refractivity contribution in [2.24, 2.45) is 5.92 Å². The van der Waals surface area contributed by atoms with Crippen LogP contribution in [0.4, 0.5) is 11.8 Å². The van der Waals surface area contributed by atoms with Crippen molar-refractivity contribution in [2.75, 3.05) is 17.7 Å². The van der Waals surface area contributed by atoms with E-state index in [1.807, 2.05) is 5.38 Å². The van der Waals surface area contributed by atoms with Gasteiger partial charge in [-0.3, -0.25) is 0 Å². The van der Waals surface area contributed by atoms with E-state index in [2.05, 4.69) is 20.3 Å². The van der Waals surface area contributed by atoms with E-state index in [1.54, 1.807) is 12.4 Å². The zero-order chi connectivity index (χ0) is 15.7. The number of nitrogens with one attached hydrogen (secondary N) is 1. The lowest BCUT2D eigenvalue weighted by molar-refractivity contribution is 0.00446. The van der Waals surface area contributed by atoms with Crippen molar-refractivity contribution in [3.8, 4) is 10.6 Å². The molecule has 0 spiro atoms. The van der Waals surface area contributed by atoms with E-state index in [4.69, 9.17) is 5.73 Å². The van der Waals surface area contributed by atoms with Gasteiger partial charge in [0, 0.05) is 30.3 Å². The second kappa shape index (κ2) is 6.13. The number of rotatable bonds is 4. The summed E-state index contributed by atoms with van der Waals surface area (Å²) >= 11 is 1.44. The largest absolute Gasteiger partial charge is 0.396 e. The highest BCUT2D eigenvalue weighted by Crippen LogP contribution is 2.33. The summed E-state index contributed by atoms with van der Waals surface area (Å²) in [6, 6.07) is -0.430. The smallest absolute Gasteiger partial charge is 0.221 e. The highest BCUT2D eigenvalue weighted by Gasteiger charge is 2.41. The third kappa shape index (κ3) is 2.75. The molecule has 8 nitrogen and oxygen atoms in total. The Bertz CT molecular complexity index is 639. The molecule has 1 fully saturated rings. The fourth-order valence-electron chi connectivity index (χ4n) is 2.64. The minimum Gasteiger partial charge on any atom is -0.396 e. The molecule has 2 heterocycles. The second-order valence-corrected chi connectivity index (χ2v) is 6.13. The molecule has 2 aromatic rings. The van der Waals surface area contributed by atoms with Gasteiger partial charge in [-0.2, -0.15) is 4.98 Å². The molecular weight excluding hydrogens is 306 g/mol. The first kappa shape index (κ1) is 15.1. The molecule has 4 unspecified atom stereocenters. The SMILES string of the molecule is Nc1ncc(-c2nccs2)c(NC2CC(CO)C(O)C2O)n1. The second-order valence-electron chi connectivity index (χ2n) is 5.24. The van der Waals surface area contributed by atoms with Gasteiger partial charge in [-0.25, -0.2) is 9.97 Å². The molecule has 0 amide bonds. The number of aliphatic hydroxyl groups excluding tert-OH is 3. The van der Waals surface area contributed by atoms with Gasteiger partial charge in [0.05, 0.1) is 17.7 Å². The lowest BCUT2D eigenvalue weighted by Crippen LogP contribution is -2.35. The Morgan fingerprint density at radius 1 is 1.32 bits per heavy atom. The predicted octanol–water partition coefficient (Wildman–Crippen LogP) is -0.303. The van der Waals surface area contributed by atoms with Crippen molar-refractivity contribution in [2.45, 2.75) is 24.7 Å². The van der Waals surface area contributed by atoms with Gasteiger partial charge in [-0.05, 0) is 6.42 Å². The van der Waals surface area contributed by atoms with Crippen LogP contribution >= 0.6 is 11.3 Å². The van der Waals surface area contributed by atoms with Gasteiger partial charge in [0.15, 0.2) is 0 Å². The van der Waals surface area contributed by atoms with E-state index < -0.39 is 18.2 Å². The number of hydrogen-bond donors (Lipinski definition) is 5. The van der Waals surface area contributed by atoms with Crippen LogP contribution < -0.4 is 11.1 Å². The first-order valence-corrected chi connectivity index (χ1v) is 7.74. The monoisotopic (exact) mass is 323 g/mol. The topological polar surface area (TPSA) is 137 Å². The Balaban J connectivity index is 1.88. The van der Waals surface area contributed by atoms with Crippen LogP contribution in [-0.4, -0.2) is 55.1 Å². The van der Waals surface area contributed by atoms with Gasteiger partial charge in [0.25, 0.3) is 0 Å². The molecular formula is C13H17N5O3S. The summed E-state index contributed by atoms with van der Waals surface area (Å²) < 4.78 is 0. The lowest BCUT2D eigenvalue weighted by atomic mass is 10.1. The molecule has 4 atom stereocenters. The van der Waals surface area contributed by atoms with E-state index in [-0.39, 0.29) is 18.5 Å². The summed E-state index contributed by atoms with van der Waals surface area (Å²) in [6.45, 7) is -0.179. The van der Waals surface area contributed by atoms with E-state index in [1.165, 1.54) is 11.3 Å². The van der Waals surface area contributed by atoms with Gasteiger partial charge in [0.2, 0.25) is 5.95 Å². The molecule has 0 bridgehead atoms. The predicted molar refractivity (Wildman–Crippen MR) is 82.2 cm³/mol. The number of nitrogens with zero attached hydrogens (tertiary/aromatic N) is 3. The molecule has 0 radical (unpaired) electrons. The normalized spacial score (nSPS) is 28.0. The minimum absolute atomic E-state index is 0.106. The summed E-state index contributed by atoms with van der Waals surface area (Å²) in [5.74, 6) is 0.196. The number of anilines is 2. The molecule has 3 rings (SSSR count). The van der Waals surface area contributed by atoms with E-state index in [0.717, 1.165) is 5.01 Å². The Kier molecular flexibility index (Phi) is 4.21. The fraction of sp³-hybridized carbons (Fsp3) is 0.462. The number of nitrogen functional groups attached to an aromatic ring is 1. The first-order chi connectivity index (χ1) is 10.6. The van der Waals surface area contributed by atoms with Crippen LogP contribution in [0.2, 0.25) is 0 Å². The molecule has 0 aliphatic heterocycles. The van der Waals surface area contributed by atoms with Crippen molar-refractivity contribution >= 4 is 23.1 Å². The van der Waals surface area contributed by atoms with E-state index in [0.29, 0.717) is 17.8 Å². The number of aromatic nitrogens is 3. The van der Waals surface area contributed by atoms with Crippen LogP contribution in [0.1, 0.15) is 6.42 Å². The maximum atomic E-state index is 10.1. The fourth-order valence-corrected chi connectivity index (χ4v) is 3.29. The Hall–Kier alpha value is -1.81. The van der Waals surface area contributed by atoms with Crippen LogP contribution in [0.15, 0.2) is 17.8 Å². The zero-order valence-electron chi connectivity index (χ0n) is 11.6. The maximum absolute atomic E-state index is 10.1. The van der Waals surface area contributed by atoms with Gasteiger partial charge in [-0.1, -0.05) is 0 Å². The van der Waals surface area contributed by atoms with Gasteiger partial charge < -0.3 is 26.4 Å². The van der Waals surface area contributed by atoms with Gasteiger partial charge in [0.1, 0.15) is 16.9 Å². The number of nitrogens with two attached hydrogens (primary N) is 1. The van der Waals surface area contributed by atoms with Crippen molar-refractivity contribution < 1.29 is 15.3 Å². The molecule has 0 aromatic carbocycles. The molecule has 9 heteroatoms. The van der Waals surface area contributed by atoms with Crippen molar-refractivity contribution in [1.82, 2.24) is 15.0 Å². The summed E-state index contributed by atoms with van der Waals surface area (Å²) in [6.07, 6.45) is 1.73. The first-order valence-electron chi connectivity index (χ1n) is 6.86. The molecule has 118 valence electrons. The summed E-state index contributed by atoms with van der Waals surface area (Å²) in [5, 5.41) is 34.9. The third-order valence-electron chi connectivity index (χ3n) is 3.83. The zero-order valence-corrected chi connectivity index (χ0v) is 12.4. The maximum Gasteiger partial charge on any atom is 0.221 e. The van der Waals surface area contributed by atoms with Crippen LogP contribution in [-0.2, 0) is 0 Å². The molecule has 1 aliphatic rings. The van der Waals surface area contributed by atoms with Crippen LogP contribution in [0.25, 0.3) is 10.6 Å². The highest BCUT2D eigenvalue weighted by atomic mass is 32.1. The van der Waals surface area contributed by atoms with Crippen LogP contribution in [0, 0.1) is 5.92 Å². The lowest BCUT2D eigenvalue weighted by Gasteiger charge is -2.19. The molecule has 1 saturated carbocycles. The van der Waals surface area contributed by atoms with Gasteiger partial charge >= 0.3 is 0 Å². The highest BCUT2D eigenvalue weighted by molar-refractivity contribution is 7.13. The number of hydrogen-bond acceptors (Lipinski definition) is 9. The molecule has 6 N–H and O–H groups in total.